The quantitative estimate of drug-likeness (QED) is 0.257. The first-order chi connectivity index (χ1) is 15.2. The molecule has 1 aliphatic rings. The van der Waals surface area contributed by atoms with Crippen LogP contribution in [0.1, 0.15) is 101 Å². The molecule has 0 unspecified atom stereocenters. The lowest BCUT2D eigenvalue weighted by Crippen LogP contribution is -2.35. The Labute approximate surface area is 187 Å². The zero-order valence-corrected chi connectivity index (χ0v) is 19.2. The number of unbranched alkanes of at least 4 members (excludes halogenated alkanes) is 9. The van der Waals surface area contributed by atoms with Gasteiger partial charge in [0.15, 0.2) is 6.04 Å². The van der Waals surface area contributed by atoms with Crippen LogP contribution in [-0.4, -0.2) is 27.2 Å². The minimum Gasteiger partial charge on any atom is -0.335 e. The molecule has 6 nitrogen and oxygen atoms in total. The summed E-state index contributed by atoms with van der Waals surface area (Å²) in [7, 11) is 0. The Morgan fingerprint density at radius 3 is 2.26 bits per heavy atom. The van der Waals surface area contributed by atoms with Gasteiger partial charge in [-0.1, -0.05) is 94.1 Å². The number of benzene rings is 1. The Bertz CT molecular complexity index is 808. The van der Waals surface area contributed by atoms with Crippen molar-refractivity contribution in [3.8, 4) is 11.4 Å². The summed E-state index contributed by atoms with van der Waals surface area (Å²) < 4.78 is 7.46. The van der Waals surface area contributed by atoms with Gasteiger partial charge in [-0.05, 0) is 31.2 Å². The van der Waals surface area contributed by atoms with Crippen LogP contribution in [0.4, 0.5) is 0 Å². The van der Waals surface area contributed by atoms with Gasteiger partial charge in [-0.15, -0.1) is 0 Å². The van der Waals surface area contributed by atoms with Gasteiger partial charge in [0.1, 0.15) is 0 Å². The van der Waals surface area contributed by atoms with Crippen LogP contribution >= 0.6 is 0 Å². The van der Waals surface area contributed by atoms with Gasteiger partial charge in [-0.3, -0.25) is 16.0 Å². The summed E-state index contributed by atoms with van der Waals surface area (Å²) in [5, 5.41) is 4.18. The number of aromatic nitrogens is 2. The van der Waals surface area contributed by atoms with Crippen LogP contribution in [0.25, 0.3) is 11.4 Å². The maximum absolute atomic E-state index is 5.79. The molecule has 0 saturated carbocycles. The molecule has 1 aliphatic heterocycles. The van der Waals surface area contributed by atoms with Crippen molar-refractivity contribution in [3.05, 3.63) is 35.7 Å². The van der Waals surface area contributed by atoms with Crippen molar-refractivity contribution in [3.63, 3.8) is 0 Å². The number of guanidine groups is 1. The Kier molecular flexibility index (Phi) is 9.38. The van der Waals surface area contributed by atoms with E-state index in [9.17, 15) is 0 Å². The fourth-order valence-corrected chi connectivity index (χ4v) is 4.46. The lowest BCUT2D eigenvalue weighted by Gasteiger charge is -2.07. The van der Waals surface area contributed by atoms with Crippen LogP contribution in [0.2, 0.25) is 0 Å². The first-order valence-corrected chi connectivity index (χ1v) is 12.3. The molecule has 0 amide bonds. The van der Waals surface area contributed by atoms with Crippen LogP contribution in [0.5, 0.6) is 0 Å². The highest BCUT2D eigenvalue weighted by molar-refractivity contribution is 5.70. The predicted molar refractivity (Wildman–Crippen MR) is 126 cm³/mol. The molecule has 1 saturated heterocycles. The van der Waals surface area contributed by atoms with Crippen LogP contribution < -0.4 is 11.5 Å². The molecule has 1 fully saturated rings. The molecule has 2 heterocycles. The number of hydrogen-bond acceptors (Lipinski definition) is 3. The molecular formula is C25H40N5O+. The van der Waals surface area contributed by atoms with E-state index in [0.717, 1.165) is 31.4 Å². The van der Waals surface area contributed by atoms with E-state index in [0.29, 0.717) is 17.7 Å². The SMILES string of the molecule is CCCCCCCCCCCCc1ccc(-c2noc([C@@H]3CCC[N+]3=C(N)N)n2)cc1. The predicted octanol–water partition coefficient (Wildman–Crippen LogP) is 5.32. The van der Waals surface area contributed by atoms with Gasteiger partial charge in [0, 0.05) is 5.56 Å². The Morgan fingerprint density at radius 1 is 0.968 bits per heavy atom. The first-order valence-electron chi connectivity index (χ1n) is 12.3. The standard InChI is InChI=1S/C25H39N5O/c1-2-3-4-5-6-7-8-9-10-11-13-20-15-17-21(18-16-20)23-28-24(31-29-23)22-14-12-19-30(22)25(26)27/h15-18,22H,2-14,19H2,1H3,(H3,26,27)/p+1/t22-/m0/s1. The minimum atomic E-state index is -0.0122. The Hall–Kier alpha value is -2.37. The molecule has 0 aliphatic carbocycles. The average molecular weight is 427 g/mol. The highest BCUT2D eigenvalue weighted by Gasteiger charge is 2.31. The smallest absolute Gasteiger partial charge is 0.335 e. The summed E-state index contributed by atoms with van der Waals surface area (Å²) in [6, 6.07) is 8.55. The second kappa shape index (κ2) is 12.5. The van der Waals surface area contributed by atoms with Crippen LogP contribution in [0, 0.1) is 0 Å². The Balaban J connectivity index is 1.39. The van der Waals surface area contributed by atoms with Gasteiger partial charge in [-0.25, -0.2) is 0 Å². The van der Waals surface area contributed by atoms with Gasteiger partial charge >= 0.3 is 5.96 Å². The van der Waals surface area contributed by atoms with Gasteiger partial charge in [0.25, 0.3) is 5.89 Å². The maximum Gasteiger partial charge on any atom is 0.341 e. The van der Waals surface area contributed by atoms with E-state index in [1.54, 1.807) is 0 Å². The molecule has 31 heavy (non-hydrogen) atoms. The maximum atomic E-state index is 5.79. The van der Waals surface area contributed by atoms with E-state index in [-0.39, 0.29) is 6.04 Å². The normalized spacial score (nSPS) is 16.2. The zero-order valence-electron chi connectivity index (χ0n) is 19.2. The number of hydrogen-bond donors (Lipinski definition) is 2. The largest absolute Gasteiger partial charge is 0.341 e. The van der Waals surface area contributed by atoms with Gasteiger partial charge in [0.2, 0.25) is 5.82 Å². The molecule has 1 aromatic heterocycles. The lowest BCUT2D eigenvalue weighted by atomic mass is 10.0. The molecule has 0 spiro atoms. The van der Waals surface area contributed by atoms with Crippen LogP contribution in [0.3, 0.4) is 0 Å². The van der Waals surface area contributed by atoms with Gasteiger partial charge < -0.3 is 4.52 Å². The summed E-state index contributed by atoms with van der Waals surface area (Å²) in [6.07, 6.45) is 16.8. The Morgan fingerprint density at radius 2 is 1.61 bits per heavy atom. The van der Waals surface area contributed by atoms with Crippen molar-refractivity contribution >= 4 is 5.96 Å². The van der Waals surface area contributed by atoms with Crippen molar-refractivity contribution in [1.82, 2.24) is 10.1 Å². The minimum absolute atomic E-state index is 0.0122. The van der Waals surface area contributed by atoms with Crippen LogP contribution in [0.15, 0.2) is 28.8 Å². The molecule has 3 rings (SSSR count). The van der Waals surface area contributed by atoms with Crippen molar-refractivity contribution in [2.24, 2.45) is 11.5 Å². The topological polar surface area (TPSA) is 94.0 Å². The summed E-state index contributed by atoms with van der Waals surface area (Å²) >= 11 is 0. The summed E-state index contributed by atoms with van der Waals surface area (Å²) in [5.74, 6) is 1.54. The fraction of sp³-hybridized carbons (Fsp3) is 0.640. The summed E-state index contributed by atoms with van der Waals surface area (Å²) in [6.45, 7) is 3.11. The van der Waals surface area contributed by atoms with Crippen LogP contribution in [-0.2, 0) is 6.42 Å². The van der Waals surface area contributed by atoms with E-state index < -0.39 is 0 Å². The fourth-order valence-electron chi connectivity index (χ4n) is 4.46. The lowest BCUT2D eigenvalue weighted by molar-refractivity contribution is -0.555. The molecule has 1 atom stereocenters. The third-order valence-corrected chi connectivity index (χ3v) is 6.34. The number of rotatable bonds is 13. The molecule has 6 heteroatoms. The van der Waals surface area contributed by atoms with E-state index in [1.165, 1.54) is 69.8 Å². The molecule has 1 aromatic carbocycles. The second-order valence-corrected chi connectivity index (χ2v) is 8.86. The highest BCUT2D eigenvalue weighted by atomic mass is 16.5. The van der Waals surface area contributed by atoms with Crippen molar-refractivity contribution in [1.29, 1.82) is 0 Å². The third kappa shape index (κ3) is 7.08. The van der Waals surface area contributed by atoms with E-state index in [2.05, 4.69) is 41.3 Å². The molecular weight excluding hydrogens is 386 g/mol. The van der Waals surface area contributed by atoms with E-state index in [1.807, 2.05) is 4.58 Å². The molecule has 170 valence electrons. The van der Waals surface area contributed by atoms with Crippen molar-refractivity contribution in [2.45, 2.75) is 96.4 Å². The number of aryl methyl sites for hydroxylation is 1. The molecule has 2 aromatic rings. The molecule has 0 bridgehead atoms. The van der Waals surface area contributed by atoms with E-state index >= 15 is 0 Å². The molecule has 0 radical (unpaired) electrons. The van der Waals surface area contributed by atoms with E-state index in [4.69, 9.17) is 16.0 Å². The van der Waals surface area contributed by atoms with Crippen molar-refractivity contribution < 1.29 is 9.10 Å². The number of nitrogens with two attached hydrogens (primary N) is 2. The highest BCUT2D eigenvalue weighted by Crippen LogP contribution is 2.28. The summed E-state index contributed by atoms with van der Waals surface area (Å²) in [4.78, 5) is 4.61. The first kappa shape index (κ1) is 23.3. The third-order valence-electron chi connectivity index (χ3n) is 6.34. The molecule has 4 N–H and O–H groups in total. The zero-order chi connectivity index (χ0) is 21.9. The summed E-state index contributed by atoms with van der Waals surface area (Å²) in [5.41, 5.74) is 13.9. The number of nitrogens with zero attached hydrogens (tertiary/aromatic N) is 3. The monoisotopic (exact) mass is 426 g/mol. The van der Waals surface area contributed by atoms with Gasteiger partial charge in [-0.2, -0.15) is 4.98 Å². The van der Waals surface area contributed by atoms with Crippen molar-refractivity contribution in [2.75, 3.05) is 6.54 Å². The van der Waals surface area contributed by atoms with Gasteiger partial charge in [0.05, 0.1) is 6.54 Å². The second-order valence-electron chi connectivity index (χ2n) is 8.86. The average Bonchev–Trinajstić information content (AvgIpc) is 3.45.